The van der Waals surface area contributed by atoms with E-state index in [9.17, 15) is 4.79 Å². The molecule has 0 saturated carbocycles. The van der Waals surface area contributed by atoms with Crippen LogP contribution in [0, 0.1) is 6.92 Å². The number of carbonyl (C=O) groups excluding carboxylic acids is 1. The highest BCUT2D eigenvalue weighted by Crippen LogP contribution is 2.26. The molecule has 1 fully saturated rings. The summed E-state index contributed by atoms with van der Waals surface area (Å²) in [6.45, 7) is -4.30. The molecule has 5 rings (SSSR count). The van der Waals surface area contributed by atoms with Crippen molar-refractivity contribution in [1.82, 2.24) is 19.5 Å². The number of pyridine rings is 2. The van der Waals surface area contributed by atoms with Crippen LogP contribution < -0.4 is 10.2 Å². The lowest BCUT2D eigenvalue weighted by molar-refractivity contribution is 0.102. The van der Waals surface area contributed by atoms with Gasteiger partial charge in [-0.3, -0.25) is 4.79 Å². The Morgan fingerprint density at radius 3 is 2.65 bits per heavy atom. The predicted octanol–water partition coefficient (Wildman–Crippen LogP) is 4.19. The van der Waals surface area contributed by atoms with E-state index in [1.807, 2.05) is 36.7 Å². The molecule has 1 saturated heterocycles. The molecule has 1 aliphatic rings. The molecule has 4 heterocycles. The summed E-state index contributed by atoms with van der Waals surface area (Å²) in [4.78, 5) is 25.9. The van der Waals surface area contributed by atoms with Crippen molar-refractivity contribution in [3.05, 3.63) is 66.4 Å². The van der Waals surface area contributed by atoms with Crippen LogP contribution in [-0.2, 0) is 7.05 Å². The van der Waals surface area contributed by atoms with Crippen LogP contribution >= 0.6 is 0 Å². The van der Waals surface area contributed by atoms with Gasteiger partial charge in [0.05, 0.1) is 11.9 Å². The number of aryl methyl sites for hydroxylation is 1. The smallest absolute Gasteiger partial charge is 0.257 e. The average Bonchev–Trinajstić information content (AvgIpc) is 3.23. The first-order valence-corrected chi connectivity index (χ1v) is 9.56. The molecule has 7 heteroatoms. The Morgan fingerprint density at radius 2 is 1.87 bits per heavy atom. The Hall–Kier alpha value is -3.74. The number of nitrogens with one attached hydrogen (secondary N) is 1. The number of nitrogens with zero attached hydrogens (tertiary/aromatic N) is 5. The monoisotopic (exact) mass is 420 g/mol. The number of carbonyl (C=O) groups is 1. The van der Waals surface area contributed by atoms with Gasteiger partial charge in [-0.2, -0.15) is 0 Å². The largest absolute Gasteiger partial charge is 0.357 e. The molecule has 0 atom stereocenters. The molecule has 31 heavy (non-hydrogen) atoms. The Labute approximate surface area is 192 Å². The first kappa shape index (κ1) is 12.2. The summed E-state index contributed by atoms with van der Waals surface area (Å²) in [5, 5.41) is 4.33. The summed E-state index contributed by atoms with van der Waals surface area (Å²) < 4.78 is 66.7. The van der Waals surface area contributed by atoms with Crippen LogP contribution in [0.1, 0.15) is 39.9 Å². The number of hydrogen-bond acceptors (Lipinski definition) is 5. The molecular formula is C24H24N6O. The van der Waals surface area contributed by atoms with Crippen molar-refractivity contribution in [1.29, 1.82) is 0 Å². The first-order valence-electron chi connectivity index (χ1n) is 13.6. The molecule has 1 aromatic carbocycles. The molecule has 1 aliphatic heterocycles. The minimum Gasteiger partial charge on any atom is -0.357 e. The van der Waals surface area contributed by atoms with Crippen molar-refractivity contribution in [2.24, 2.45) is 7.05 Å². The Bertz CT molecular complexity index is 1590. The number of aromatic nitrogens is 4. The maximum Gasteiger partial charge on any atom is 0.257 e. The minimum absolute atomic E-state index is 0.0272. The van der Waals surface area contributed by atoms with E-state index in [-0.39, 0.29) is 11.4 Å². The van der Waals surface area contributed by atoms with E-state index in [2.05, 4.69) is 20.3 Å². The number of amides is 1. The minimum atomic E-state index is -3.22. The third-order valence-electron chi connectivity index (χ3n) is 5.11. The summed E-state index contributed by atoms with van der Waals surface area (Å²) in [5.74, 6) is 0.0382. The summed E-state index contributed by atoms with van der Waals surface area (Å²) in [6.07, 6.45) is -1.89. The van der Waals surface area contributed by atoms with Gasteiger partial charge in [0.25, 0.3) is 5.91 Å². The predicted molar refractivity (Wildman–Crippen MR) is 122 cm³/mol. The SMILES string of the molecule is [2H]C1([2H])N(c2cc(C(=O)Nc3cc4cc(-c5cnc(C)n5C)ccc4cn3)ccn2)C([2H])([2H])C([2H])([2H])C1([2H])[2H]. The van der Waals surface area contributed by atoms with Crippen molar-refractivity contribution in [3.63, 3.8) is 0 Å². The van der Waals surface area contributed by atoms with Crippen molar-refractivity contribution in [2.75, 3.05) is 23.2 Å². The maximum absolute atomic E-state index is 13.1. The lowest BCUT2D eigenvalue weighted by atomic mass is 10.1. The zero-order valence-electron chi connectivity index (χ0n) is 24.8. The maximum atomic E-state index is 13.1. The van der Waals surface area contributed by atoms with Crippen molar-refractivity contribution < 1.29 is 15.8 Å². The number of imidazole rings is 1. The molecule has 0 aliphatic carbocycles. The van der Waals surface area contributed by atoms with Gasteiger partial charge in [0, 0.05) is 59.9 Å². The van der Waals surface area contributed by atoms with Gasteiger partial charge in [0.2, 0.25) is 0 Å². The van der Waals surface area contributed by atoms with Crippen LogP contribution in [0.5, 0.6) is 0 Å². The normalized spacial score (nSPS) is 24.0. The zero-order valence-corrected chi connectivity index (χ0v) is 16.8. The Morgan fingerprint density at radius 1 is 1.03 bits per heavy atom. The number of anilines is 2. The fraction of sp³-hybridized carbons (Fsp3) is 0.250. The number of fused-ring (bicyclic) bond motifs is 1. The van der Waals surface area contributed by atoms with Crippen LogP contribution in [0.2, 0.25) is 0 Å². The van der Waals surface area contributed by atoms with Gasteiger partial charge < -0.3 is 14.8 Å². The molecule has 3 aromatic heterocycles. The standard InChI is InChI=1S/C24H24N6O/c1-16-26-15-21(29(16)2)17-5-6-19-14-27-22(12-20(19)11-17)28-24(31)18-7-8-25-23(13-18)30-9-3-4-10-30/h5-8,11-15H,3-4,9-10H2,1-2H3,(H,27,28,31)/i3D2,4D2,9D2,10D2. The third kappa shape index (κ3) is 3.74. The molecule has 1 amide bonds. The van der Waals surface area contributed by atoms with Gasteiger partial charge in [-0.15, -0.1) is 0 Å². The zero-order chi connectivity index (χ0) is 28.5. The van der Waals surface area contributed by atoms with Crippen molar-refractivity contribution in [3.8, 4) is 11.3 Å². The molecular weight excluding hydrogens is 388 g/mol. The Kier molecular flexibility index (Phi) is 3.08. The van der Waals surface area contributed by atoms with E-state index >= 15 is 0 Å². The summed E-state index contributed by atoms with van der Waals surface area (Å²) >= 11 is 0. The van der Waals surface area contributed by atoms with Gasteiger partial charge in [0.1, 0.15) is 17.5 Å². The second-order valence-electron chi connectivity index (χ2n) is 7.05. The summed E-state index contributed by atoms with van der Waals surface area (Å²) in [6, 6.07) is 9.93. The van der Waals surface area contributed by atoms with E-state index in [0.29, 0.717) is 4.90 Å². The molecule has 7 nitrogen and oxygen atoms in total. The second-order valence-corrected chi connectivity index (χ2v) is 7.05. The quantitative estimate of drug-likeness (QED) is 0.536. The topological polar surface area (TPSA) is 75.9 Å². The van der Waals surface area contributed by atoms with Gasteiger partial charge >= 0.3 is 0 Å². The average molecular weight is 421 g/mol. The molecule has 4 aromatic rings. The lowest BCUT2D eigenvalue weighted by Gasteiger charge is -2.16. The summed E-state index contributed by atoms with van der Waals surface area (Å²) in [7, 11) is 1.92. The highest BCUT2D eigenvalue weighted by atomic mass is 16.1. The molecule has 1 N–H and O–H groups in total. The number of hydrogen-bond donors (Lipinski definition) is 1. The van der Waals surface area contributed by atoms with Crippen LogP contribution in [0.25, 0.3) is 22.0 Å². The van der Waals surface area contributed by atoms with Crippen molar-refractivity contribution in [2.45, 2.75) is 19.7 Å². The first-order chi connectivity index (χ1) is 18.1. The van der Waals surface area contributed by atoms with Crippen LogP contribution in [0.4, 0.5) is 11.6 Å². The lowest BCUT2D eigenvalue weighted by Crippen LogP contribution is -2.20. The number of benzene rings is 1. The van der Waals surface area contributed by atoms with E-state index in [1.54, 1.807) is 18.5 Å². The molecule has 0 spiro atoms. The molecule has 156 valence electrons. The van der Waals surface area contributed by atoms with Crippen LogP contribution in [0.3, 0.4) is 0 Å². The highest BCUT2D eigenvalue weighted by molar-refractivity contribution is 6.05. The van der Waals surface area contributed by atoms with Gasteiger partial charge in [-0.1, -0.05) is 12.1 Å². The fourth-order valence-electron chi connectivity index (χ4n) is 3.32. The van der Waals surface area contributed by atoms with E-state index in [4.69, 9.17) is 11.0 Å². The molecule has 0 radical (unpaired) electrons. The summed E-state index contributed by atoms with van der Waals surface area (Å²) in [5.41, 5.74) is 1.83. The van der Waals surface area contributed by atoms with E-state index in [0.717, 1.165) is 40.1 Å². The van der Waals surface area contributed by atoms with Crippen LogP contribution in [-0.4, -0.2) is 38.4 Å². The third-order valence-corrected chi connectivity index (χ3v) is 5.11. The van der Waals surface area contributed by atoms with Crippen LogP contribution in [0.15, 0.2) is 55.0 Å². The van der Waals surface area contributed by atoms with E-state index < -0.39 is 37.5 Å². The van der Waals surface area contributed by atoms with Gasteiger partial charge in [-0.25, -0.2) is 15.0 Å². The number of rotatable bonds is 4. The molecule has 0 bridgehead atoms. The molecule has 0 unspecified atom stereocenters. The van der Waals surface area contributed by atoms with Gasteiger partial charge in [-0.05, 0) is 49.3 Å². The fourth-order valence-corrected chi connectivity index (χ4v) is 3.32. The Balaban J connectivity index is 1.45. The highest BCUT2D eigenvalue weighted by Gasteiger charge is 2.16. The van der Waals surface area contributed by atoms with Gasteiger partial charge in [0.15, 0.2) is 0 Å². The van der Waals surface area contributed by atoms with E-state index in [1.165, 1.54) is 6.07 Å². The second kappa shape index (κ2) is 7.83. The van der Waals surface area contributed by atoms with Crippen molar-refractivity contribution >= 4 is 28.3 Å².